The summed E-state index contributed by atoms with van der Waals surface area (Å²) in [5, 5.41) is 19.2. The number of hydrogen-bond donors (Lipinski definition) is 1. The number of anilines is 1. The fraction of sp³-hybridized carbons (Fsp3) is 0.273. The van der Waals surface area contributed by atoms with Crippen molar-refractivity contribution in [3.05, 3.63) is 30.2 Å². The predicted octanol–water partition coefficient (Wildman–Crippen LogP) is 0.875. The van der Waals surface area contributed by atoms with E-state index in [1.54, 1.807) is 29.2 Å². The molecule has 2 heterocycles. The highest BCUT2D eigenvalue weighted by molar-refractivity contribution is 6.02. The van der Waals surface area contributed by atoms with Crippen LogP contribution in [0.15, 0.2) is 24.5 Å². The van der Waals surface area contributed by atoms with Gasteiger partial charge in [-0.05, 0) is 13.0 Å². The number of nitriles is 1. The monoisotopic (exact) mass is 244 g/mol. The molecule has 0 atom stereocenters. The summed E-state index contributed by atoms with van der Waals surface area (Å²) in [7, 11) is 0. The molecule has 1 amide bonds. The Bertz CT molecular complexity index is 591. The van der Waals surface area contributed by atoms with Crippen molar-refractivity contribution in [3.63, 3.8) is 0 Å². The molecule has 0 aliphatic rings. The fourth-order valence-corrected chi connectivity index (χ4v) is 1.43. The number of amides is 1. The average Bonchev–Trinajstić information content (AvgIpc) is 2.98. The van der Waals surface area contributed by atoms with Crippen molar-refractivity contribution in [2.75, 3.05) is 5.32 Å². The molecule has 7 heteroatoms. The minimum Gasteiger partial charge on any atom is -0.304 e. The highest BCUT2D eigenvalue weighted by atomic mass is 16.2. The maximum atomic E-state index is 11.8. The first-order valence-corrected chi connectivity index (χ1v) is 5.48. The van der Waals surface area contributed by atoms with Gasteiger partial charge in [0, 0.05) is 25.0 Å². The molecule has 18 heavy (non-hydrogen) atoms. The molecule has 0 saturated carbocycles. The number of aryl methyl sites for hydroxylation is 1. The molecule has 2 aromatic rings. The normalized spacial score (nSPS) is 10.0. The molecular formula is C11H12N6O. The van der Waals surface area contributed by atoms with Gasteiger partial charge in [-0.2, -0.15) is 15.5 Å². The van der Waals surface area contributed by atoms with E-state index < -0.39 is 0 Å². The van der Waals surface area contributed by atoms with Gasteiger partial charge < -0.3 is 5.32 Å². The van der Waals surface area contributed by atoms with Crippen molar-refractivity contribution in [1.82, 2.24) is 19.6 Å². The first-order chi connectivity index (χ1) is 8.72. The van der Waals surface area contributed by atoms with Gasteiger partial charge in [-0.25, -0.2) is 0 Å². The Morgan fingerprint density at radius 1 is 1.39 bits per heavy atom. The minimum atomic E-state index is -0.315. The molecule has 0 aromatic carbocycles. The highest BCUT2D eigenvalue weighted by Gasteiger charge is 2.10. The molecule has 0 unspecified atom stereocenters. The second-order valence-corrected chi connectivity index (χ2v) is 3.57. The summed E-state index contributed by atoms with van der Waals surface area (Å²) in [5.74, 6) is 0.0886. The van der Waals surface area contributed by atoms with Crippen LogP contribution in [0.5, 0.6) is 0 Å². The summed E-state index contributed by atoms with van der Waals surface area (Å²) in [6, 6.07) is 5.24. The van der Waals surface area contributed by atoms with E-state index in [4.69, 9.17) is 5.26 Å². The SMILES string of the molecule is CCn1ccc(C(=O)Nc2ccn(CC#N)n2)n1. The van der Waals surface area contributed by atoms with Crippen LogP contribution >= 0.6 is 0 Å². The van der Waals surface area contributed by atoms with Crippen LogP contribution < -0.4 is 5.32 Å². The van der Waals surface area contributed by atoms with Crippen molar-refractivity contribution in [2.24, 2.45) is 0 Å². The van der Waals surface area contributed by atoms with E-state index in [9.17, 15) is 4.79 Å². The first-order valence-electron chi connectivity index (χ1n) is 5.48. The van der Waals surface area contributed by atoms with Crippen LogP contribution in [0.4, 0.5) is 5.82 Å². The molecule has 0 spiro atoms. The smallest absolute Gasteiger partial charge is 0.277 e. The van der Waals surface area contributed by atoms with Crippen molar-refractivity contribution < 1.29 is 4.79 Å². The quantitative estimate of drug-likeness (QED) is 0.864. The van der Waals surface area contributed by atoms with Gasteiger partial charge in [-0.15, -0.1) is 0 Å². The van der Waals surface area contributed by atoms with E-state index in [1.165, 1.54) is 4.68 Å². The van der Waals surface area contributed by atoms with Crippen molar-refractivity contribution in [1.29, 1.82) is 5.26 Å². The van der Waals surface area contributed by atoms with E-state index in [0.29, 0.717) is 18.1 Å². The summed E-state index contributed by atoms with van der Waals surface area (Å²) in [4.78, 5) is 11.8. The third-order valence-electron chi connectivity index (χ3n) is 2.31. The van der Waals surface area contributed by atoms with Gasteiger partial charge in [0.05, 0.1) is 6.07 Å². The van der Waals surface area contributed by atoms with Crippen LogP contribution in [0.3, 0.4) is 0 Å². The topological polar surface area (TPSA) is 88.5 Å². The van der Waals surface area contributed by atoms with E-state index >= 15 is 0 Å². The molecule has 2 rings (SSSR count). The zero-order valence-electron chi connectivity index (χ0n) is 9.87. The van der Waals surface area contributed by atoms with Gasteiger partial charge >= 0.3 is 0 Å². The minimum absolute atomic E-state index is 0.153. The number of carbonyl (C=O) groups is 1. The Hall–Kier alpha value is -2.62. The third-order valence-corrected chi connectivity index (χ3v) is 2.31. The lowest BCUT2D eigenvalue weighted by atomic mass is 10.4. The van der Waals surface area contributed by atoms with Crippen LogP contribution in [0, 0.1) is 11.3 Å². The maximum Gasteiger partial charge on any atom is 0.277 e. The first kappa shape index (κ1) is 11.9. The Labute approximate surface area is 104 Å². The van der Waals surface area contributed by atoms with Crippen LogP contribution in [-0.4, -0.2) is 25.5 Å². The van der Waals surface area contributed by atoms with E-state index in [0.717, 1.165) is 0 Å². The average molecular weight is 244 g/mol. The number of nitrogens with one attached hydrogen (secondary N) is 1. The molecule has 0 fully saturated rings. The lowest BCUT2D eigenvalue weighted by Gasteiger charge is -1.98. The Morgan fingerprint density at radius 2 is 2.17 bits per heavy atom. The number of rotatable bonds is 4. The van der Waals surface area contributed by atoms with Gasteiger partial charge in [0.1, 0.15) is 6.54 Å². The highest BCUT2D eigenvalue weighted by Crippen LogP contribution is 2.05. The number of aromatic nitrogens is 4. The maximum absolute atomic E-state index is 11.8. The standard InChI is InChI=1S/C11H12N6O/c1-2-16-6-3-9(14-16)11(18)13-10-4-7-17(15-10)8-5-12/h3-4,6-7H,2,8H2,1H3,(H,13,15,18). The van der Waals surface area contributed by atoms with Crippen molar-refractivity contribution in [2.45, 2.75) is 20.0 Å². The molecular weight excluding hydrogens is 232 g/mol. The van der Waals surface area contributed by atoms with Gasteiger partial charge in [0.2, 0.25) is 0 Å². The third kappa shape index (κ3) is 2.55. The number of carbonyl (C=O) groups excluding carboxylic acids is 1. The lowest BCUT2D eigenvalue weighted by Crippen LogP contribution is -2.14. The molecule has 7 nitrogen and oxygen atoms in total. The largest absolute Gasteiger partial charge is 0.304 e. The predicted molar refractivity (Wildman–Crippen MR) is 63.7 cm³/mol. The molecule has 92 valence electrons. The van der Waals surface area contributed by atoms with Gasteiger partial charge in [-0.1, -0.05) is 0 Å². The molecule has 0 aliphatic carbocycles. The molecule has 1 N–H and O–H groups in total. The lowest BCUT2D eigenvalue weighted by molar-refractivity contribution is 0.102. The van der Waals surface area contributed by atoms with Crippen molar-refractivity contribution >= 4 is 11.7 Å². The van der Waals surface area contributed by atoms with Crippen LogP contribution in [-0.2, 0) is 13.1 Å². The molecule has 0 aliphatic heterocycles. The summed E-state index contributed by atoms with van der Waals surface area (Å²) >= 11 is 0. The Kier molecular flexibility index (Phi) is 3.38. The van der Waals surface area contributed by atoms with Gasteiger partial charge in [0.15, 0.2) is 11.5 Å². The van der Waals surface area contributed by atoms with Crippen LogP contribution in [0.1, 0.15) is 17.4 Å². The summed E-state index contributed by atoms with van der Waals surface area (Å²) in [6.45, 7) is 2.81. The number of nitrogens with zero attached hydrogens (tertiary/aromatic N) is 5. The zero-order valence-corrected chi connectivity index (χ0v) is 9.87. The molecule has 0 bridgehead atoms. The van der Waals surface area contributed by atoms with E-state index in [2.05, 4.69) is 15.5 Å². The molecule has 0 radical (unpaired) electrons. The summed E-state index contributed by atoms with van der Waals surface area (Å²) in [5.41, 5.74) is 0.340. The second kappa shape index (κ2) is 5.14. The van der Waals surface area contributed by atoms with Gasteiger partial charge in [0.25, 0.3) is 5.91 Å². The Morgan fingerprint density at radius 3 is 2.83 bits per heavy atom. The summed E-state index contributed by atoms with van der Waals surface area (Å²) < 4.78 is 3.11. The zero-order chi connectivity index (χ0) is 13.0. The second-order valence-electron chi connectivity index (χ2n) is 3.57. The molecule has 2 aromatic heterocycles. The van der Waals surface area contributed by atoms with Crippen LogP contribution in [0.25, 0.3) is 0 Å². The molecule has 0 saturated heterocycles. The summed E-state index contributed by atoms with van der Waals surface area (Å²) in [6.07, 6.45) is 3.37. The Balaban J connectivity index is 2.04. The van der Waals surface area contributed by atoms with E-state index in [-0.39, 0.29) is 12.5 Å². The van der Waals surface area contributed by atoms with Gasteiger partial charge in [-0.3, -0.25) is 14.2 Å². The van der Waals surface area contributed by atoms with Crippen molar-refractivity contribution in [3.8, 4) is 6.07 Å². The van der Waals surface area contributed by atoms with Crippen LogP contribution in [0.2, 0.25) is 0 Å². The van der Waals surface area contributed by atoms with E-state index in [1.807, 2.05) is 13.0 Å². The fourth-order valence-electron chi connectivity index (χ4n) is 1.43. The number of hydrogen-bond acceptors (Lipinski definition) is 4.